The Hall–Kier alpha value is -3.21. The topological polar surface area (TPSA) is 80.7 Å². The van der Waals surface area contributed by atoms with Crippen LogP contribution in [0.5, 0.6) is 0 Å². The van der Waals surface area contributed by atoms with E-state index in [2.05, 4.69) is 0 Å². The summed E-state index contributed by atoms with van der Waals surface area (Å²) < 4.78 is 4.72. The Morgan fingerprint density at radius 3 is 2.20 bits per heavy atom. The van der Waals surface area contributed by atoms with E-state index in [1.807, 2.05) is 0 Å². The van der Waals surface area contributed by atoms with Crippen molar-refractivity contribution in [2.24, 2.45) is 0 Å². The molecule has 0 heterocycles. The Morgan fingerprint density at radius 1 is 0.960 bits per heavy atom. The number of Topliss-reactive ketones (excluding diaryl/α,β-unsaturated/α-hetero) is 2. The van der Waals surface area contributed by atoms with Crippen LogP contribution in [0, 0.1) is 0 Å². The fourth-order valence-electron chi connectivity index (χ4n) is 3.03. The molecule has 1 atom stereocenters. The third-order valence-corrected chi connectivity index (χ3v) is 4.28. The molecule has 5 nitrogen and oxygen atoms in total. The monoisotopic (exact) mass is 336 g/mol. The van der Waals surface area contributed by atoms with Crippen LogP contribution in [0.1, 0.15) is 33.8 Å². The van der Waals surface area contributed by atoms with E-state index in [0.29, 0.717) is 11.1 Å². The normalized spacial score (nSPS) is 14.9. The van der Waals surface area contributed by atoms with Gasteiger partial charge in [0.15, 0.2) is 0 Å². The van der Waals surface area contributed by atoms with Gasteiger partial charge in [0.05, 0.1) is 19.1 Å². The molecule has 25 heavy (non-hydrogen) atoms. The van der Waals surface area contributed by atoms with Crippen molar-refractivity contribution in [1.82, 2.24) is 0 Å². The lowest BCUT2D eigenvalue weighted by Crippen LogP contribution is -2.28. The standard InChI is InChI=1S/C20H16O5/c1-25-16(21)11-15(12-7-3-2-4-8-12)17-18(22)13-9-5-6-10-14(13)19(23)20(17)24/h2-10,15,22H,11H2,1H3/t15-/m1/s1. The summed E-state index contributed by atoms with van der Waals surface area (Å²) in [6, 6.07) is 15.2. The number of hydrogen-bond donors (Lipinski definition) is 1. The maximum atomic E-state index is 12.7. The summed E-state index contributed by atoms with van der Waals surface area (Å²) in [4.78, 5) is 37.0. The van der Waals surface area contributed by atoms with Crippen molar-refractivity contribution in [2.45, 2.75) is 12.3 Å². The number of esters is 1. The van der Waals surface area contributed by atoms with Crippen molar-refractivity contribution in [3.05, 3.63) is 76.9 Å². The number of ether oxygens (including phenoxy) is 1. The maximum absolute atomic E-state index is 12.7. The predicted octanol–water partition coefficient (Wildman–Crippen LogP) is 3.07. The van der Waals surface area contributed by atoms with Crippen LogP contribution < -0.4 is 0 Å². The van der Waals surface area contributed by atoms with Gasteiger partial charge < -0.3 is 9.84 Å². The first-order valence-electron chi connectivity index (χ1n) is 7.78. The lowest BCUT2D eigenvalue weighted by molar-refractivity contribution is -0.140. The van der Waals surface area contributed by atoms with Gasteiger partial charge in [0.2, 0.25) is 11.6 Å². The van der Waals surface area contributed by atoms with E-state index >= 15 is 0 Å². The Labute approximate surface area is 144 Å². The number of allylic oxidation sites excluding steroid dienone is 1. The highest BCUT2D eigenvalue weighted by Gasteiger charge is 2.38. The molecular weight excluding hydrogens is 320 g/mol. The maximum Gasteiger partial charge on any atom is 0.306 e. The summed E-state index contributed by atoms with van der Waals surface area (Å²) in [5.41, 5.74) is 1.04. The molecule has 2 aromatic rings. The molecule has 0 saturated carbocycles. The minimum absolute atomic E-state index is 0.0692. The van der Waals surface area contributed by atoms with E-state index in [-0.39, 0.29) is 23.3 Å². The second-order valence-corrected chi connectivity index (χ2v) is 5.71. The number of ketones is 2. The van der Waals surface area contributed by atoms with Crippen LogP contribution in [0.3, 0.4) is 0 Å². The van der Waals surface area contributed by atoms with Gasteiger partial charge in [0.25, 0.3) is 0 Å². The Bertz CT molecular complexity index is 880. The molecule has 2 aromatic carbocycles. The van der Waals surface area contributed by atoms with Gasteiger partial charge in [-0.1, -0.05) is 54.6 Å². The van der Waals surface area contributed by atoms with Gasteiger partial charge in [0, 0.05) is 17.0 Å². The van der Waals surface area contributed by atoms with Crippen molar-refractivity contribution in [3.8, 4) is 0 Å². The SMILES string of the molecule is COC(=O)C[C@@H](C1=C(O)c2ccccc2C(=O)C1=O)c1ccccc1. The van der Waals surface area contributed by atoms with E-state index in [9.17, 15) is 19.5 Å². The predicted molar refractivity (Wildman–Crippen MR) is 91.1 cm³/mol. The molecule has 0 unspecified atom stereocenters. The minimum Gasteiger partial charge on any atom is -0.507 e. The summed E-state index contributed by atoms with van der Waals surface area (Å²) in [5.74, 6) is -3.05. The molecule has 1 aliphatic rings. The Kier molecular flexibility index (Phi) is 4.48. The van der Waals surface area contributed by atoms with Crippen molar-refractivity contribution in [1.29, 1.82) is 0 Å². The van der Waals surface area contributed by atoms with Gasteiger partial charge in [-0.25, -0.2) is 0 Å². The second-order valence-electron chi connectivity index (χ2n) is 5.71. The zero-order chi connectivity index (χ0) is 18.0. The zero-order valence-corrected chi connectivity index (χ0v) is 13.6. The Morgan fingerprint density at radius 2 is 1.56 bits per heavy atom. The summed E-state index contributed by atoms with van der Waals surface area (Å²) in [7, 11) is 1.25. The van der Waals surface area contributed by atoms with Crippen molar-refractivity contribution in [2.75, 3.05) is 7.11 Å². The summed E-state index contributed by atoms with van der Waals surface area (Å²) in [6.07, 6.45) is -0.152. The third-order valence-electron chi connectivity index (χ3n) is 4.28. The third kappa shape index (κ3) is 2.96. The highest BCUT2D eigenvalue weighted by molar-refractivity contribution is 6.52. The molecule has 0 radical (unpaired) electrons. The summed E-state index contributed by atoms with van der Waals surface area (Å²) in [5, 5.41) is 10.7. The van der Waals surface area contributed by atoms with E-state index < -0.39 is 23.5 Å². The van der Waals surface area contributed by atoms with E-state index in [4.69, 9.17) is 4.74 Å². The molecule has 0 saturated heterocycles. The van der Waals surface area contributed by atoms with E-state index in [0.717, 1.165) is 0 Å². The van der Waals surface area contributed by atoms with Crippen LogP contribution in [-0.4, -0.2) is 29.8 Å². The molecular formula is C20H16O5. The van der Waals surface area contributed by atoms with Gasteiger partial charge in [-0.15, -0.1) is 0 Å². The number of rotatable bonds is 4. The van der Waals surface area contributed by atoms with E-state index in [1.165, 1.54) is 13.2 Å². The van der Waals surface area contributed by atoms with Gasteiger partial charge in [-0.05, 0) is 5.56 Å². The molecule has 126 valence electrons. The van der Waals surface area contributed by atoms with Crippen molar-refractivity contribution >= 4 is 23.3 Å². The van der Waals surface area contributed by atoms with Crippen molar-refractivity contribution in [3.63, 3.8) is 0 Å². The highest BCUT2D eigenvalue weighted by Crippen LogP contribution is 2.38. The molecule has 0 amide bonds. The molecule has 0 aromatic heterocycles. The first-order chi connectivity index (χ1) is 12.0. The second kappa shape index (κ2) is 6.73. The van der Waals surface area contributed by atoms with Gasteiger partial charge in [-0.2, -0.15) is 0 Å². The number of fused-ring (bicyclic) bond motifs is 1. The molecule has 0 aliphatic heterocycles. The lowest BCUT2D eigenvalue weighted by atomic mass is 9.78. The molecule has 0 spiro atoms. The van der Waals surface area contributed by atoms with Crippen LogP contribution in [0.2, 0.25) is 0 Å². The largest absolute Gasteiger partial charge is 0.507 e. The smallest absolute Gasteiger partial charge is 0.306 e. The zero-order valence-electron chi connectivity index (χ0n) is 13.6. The first kappa shape index (κ1) is 16.6. The average Bonchev–Trinajstić information content (AvgIpc) is 2.66. The molecule has 5 heteroatoms. The fourth-order valence-corrected chi connectivity index (χ4v) is 3.03. The summed E-state index contributed by atoms with van der Waals surface area (Å²) >= 11 is 0. The molecule has 0 bridgehead atoms. The van der Waals surface area contributed by atoms with Crippen LogP contribution in [0.15, 0.2) is 60.2 Å². The number of aliphatic hydroxyl groups is 1. The number of hydrogen-bond acceptors (Lipinski definition) is 5. The lowest BCUT2D eigenvalue weighted by Gasteiger charge is -2.24. The molecule has 0 fully saturated rings. The van der Waals surface area contributed by atoms with Gasteiger partial charge in [0.1, 0.15) is 5.76 Å². The number of aliphatic hydroxyl groups excluding tert-OH is 1. The quantitative estimate of drug-likeness (QED) is 0.685. The Balaban J connectivity index is 2.19. The highest BCUT2D eigenvalue weighted by atomic mass is 16.5. The van der Waals surface area contributed by atoms with Crippen molar-refractivity contribution < 1.29 is 24.2 Å². The number of benzene rings is 2. The molecule has 1 aliphatic carbocycles. The number of carbonyl (C=O) groups excluding carboxylic acids is 3. The van der Waals surface area contributed by atoms with E-state index in [1.54, 1.807) is 48.5 Å². The number of carbonyl (C=O) groups is 3. The minimum atomic E-state index is -0.797. The first-order valence-corrected chi connectivity index (χ1v) is 7.78. The van der Waals surface area contributed by atoms with Gasteiger partial charge in [-0.3, -0.25) is 14.4 Å². The molecule has 1 N–H and O–H groups in total. The van der Waals surface area contributed by atoms with Gasteiger partial charge >= 0.3 is 5.97 Å². The average molecular weight is 336 g/mol. The van der Waals surface area contributed by atoms with Crippen LogP contribution in [0.25, 0.3) is 5.76 Å². The fraction of sp³-hybridized carbons (Fsp3) is 0.150. The summed E-state index contributed by atoms with van der Waals surface area (Å²) in [6.45, 7) is 0. The van der Waals surface area contributed by atoms with Crippen LogP contribution in [-0.2, 0) is 14.3 Å². The molecule has 3 rings (SSSR count). The van der Waals surface area contributed by atoms with Crippen LogP contribution >= 0.6 is 0 Å². The number of methoxy groups -OCH3 is 1. The van der Waals surface area contributed by atoms with Crippen LogP contribution in [0.4, 0.5) is 0 Å².